The number of para-hydroxylation sites is 1. The first-order valence-electron chi connectivity index (χ1n) is 11.2. The summed E-state index contributed by atoms with van der Waals surface area (Å²) in [7, 11) is 0. The highest BCUT2D eigenvalue weighted by molar-refractivity contribution is 7.98. The molecule has 0 radical (unpaired) electrons. The molecule has 0 unspecified atom stereocenters. The molecule has 3 aromatic carbocycles. The number of hydrogen-bond donors (Lipinski definition) is 2. The SMILES string of the molecule is O=C(O)Cc1c(C(=O)NCCSCc2ccccc2)nn(-c2ccccc2F)c1-c1ccc(Cl)cc1. The lowest BCUT2D eigenvalue weighted by Crippen LogP contribution is -2.27. The smallest absolute Gasteiger partial charge is 0.307 e. The van der Waals surface area contributed by atoms with Gasteiger partial charge in [-0.05, 0) is 29.8 Å². The standard InChI is InChI=1S/C27H23ClFN3O3S/c28-20-12-10-19(11-13-20)26-21(16-24(33)34)25(31-32(26)23-9-5-4-8-22(23)29)27(35)30-14-15-36-17-18-6-2-1-3-7-18/h1-13H,14-17H2,(H,30,35)(H,33,34). The summed E-state index contributed by atoms with van der Waals surface area (Å²) in [5.41, 5.74) is 2.31. The Morgan fingerprint density at radius 2 is 1.69 bits per heavy atom. The fourth-order valence-electron chi connectivity index (χ4n) is 3.74. The van der Waals surface area contributed by atoms with Crippen LogP contribution in [0.2, 0.25) is 5.02 Å². The molecule has 9 heteroatoms. The number of hydrogen-bond acceptors (Lipinski definition) is 4. The van der Waals surface area contributed by atoms with Gasteiger partial charge in [-0.1, -0.05) is 66.2 Å². The zero-order valence-corrected chi connectivity index (χ0v) is 20.7. The number of amides is 1. The number of aromatic nitrogens is 2. The Morgan fingerprint density at radius 1 is 1.00 bits per heavy atom. The molecule has 0 aliphatic heterocycles. The minimum atomic E-state index is -1.13. The maximum absolute atomic E-state index is 14.8. The molecule has 0 atom stereocenters. The molecule has 1 aromatic heterocycles. The van der Waals surface area contributed by atoms with E-state index in [1.807, 2.05) is 30.3 Å². The highest BCUT2D eigenvalue weighted by Crippen LogP contribution is 2.31. The number of carboxylic acid groups (broad SMARTS) is 1. The van der Waals surface area contributed by atoms with Crippen molar-refractivity contribution in [1.82, 2.24) is 15.1 Å². The van der Waals surface area contributed by atoms with Crippen LogP contribution < -0.4 is 5.32 Å². The van der Waals surface area contributed by atoms with Crippen molar-refractivity contribution in [3.8, 4) is 16.9 Å². The Balaban J connectivity index is 1.64. The quantitative estimate of drug-likeness (QED) is 0.263. The van der Waals surface area contributed by atoms with E-state index in [0.717, 1.165) is 5.75 Å². The van der Waals surface area contributed by atoms with Crippen LogP contribution in [0.25, 0.3) is 16.9 Å². The second-order valence-corrected chi connectivity index (χ2v) is 9.45. The van der Waals surface area contributed by atoms with Crippen molar-refractivity contribution in [3.63, 3.8) is 0 Å². The van der Waals surface area contributed by atoms with Gasteiger partial charge in [0.1, 0.15) is 11.5 Å². The summed E-state index contributed by atoms with van der Waals surface area (Å²) in [5.74, 6) is -0.736. The second-order valence-electron chi connectivity index (χ2n) is 7.91. The molecule has 0 spiro atoms. The van der Waals surface area contributed by atoms with Crippen molar-refractivity contribution < 1.29 is 19.1 Å². The lowest BCUT2D eigenvalue weighted by atomic mass is 10.0. The Kier molecular flexibility index (Phi) is 8.40. The Bertz CT molecular complexity index is 1360. The van der Waals surface area contributed by atoms with Gasteiger partial charge in [0.2, 0.25) is 0 Å². The van der Waals surface area contributed by atoms with E-state index in [1.165, 1.54) is 22.4 Å². The van der Waals surface area contributed by atoms with Gasteiger partial charge in [-0.2, -0.15) is 16.9 Å². The third kappa shape index (κ3) is 6.13. The molecule has 4 rings (SSSR count). The maximum atomic E-state index is 14.8. The molecular formula is C27H23ClFN3O3S. The van der Waals surface area contributed by atoms with Gasteiger partial charge >= 0.3 is 5.97 Å². The normalized spacial score (nSPS) is 10.8. The van der Waals surface area contributed by atoms with Crippen LogP contribution in [-0.2, 0) is 17.0 Å². The molecule has 1 heterocycles. The van der Waals surface area contributed by atoms with E-state index in [-0.39, 0.29) is 16.9 Å². The number of benzene rings is 3. The molecule has 184 valence electrons. The van der Waals surface area contributed by atoms with Crippen LogP contribution in [0.5, 0.6) is 0 Å². The molecule has 0 saturated heterocycles. The van der Waals surface area contributed by atoms with E-state index < -0.39 is 24.1 Å². The number of nitrogens with zero attached hydrogens (tertiary/aromatic N) is 2. The fourth-order valence-corrected chi connectivity index (χ4v) is 4.68. The van der Waals surface area contributed by atoms with Crippen LogP contribution in [-0.4, -0.2) is 39.1 Å². The molecule has 2 N–H and O–H groups in total. The van der Waals surface area contributed by atoms with E-state index in [9.17, 15) is 19.1 Å². The number of carbonyl (C=O) groups excluding carboxylic acids is 1. The fraction of sp³-hybridized carbons (Fsp3) is 0.148. The van der Waals surface area contributed by atoms with Gasteiger partial charge in [0.05, 0.1) is 12.1 Å². The number of nitrogens with one attached hydrogen (secondary N) is 1. The van der Waals surface area contributed by atoms with Gasteiger partial charge < -0.3 is 10.4 Å². The van der Waals surface area contributed by atoms with Crippen molar-refractivity contribution in [3.05, 3.63) is 107 Å². The first kappa shape index (κ1) is 25.5. The number of rotatable bonds is 10. The monoisotopic (exact) mass is 523 g/mol. The van der Waals surface area contributed by atoms with Crippen molar-refractivity contribution in [2.75, 3.05) is 12.3 Å². The molecule has 0 aliphatic rings. The predicted molar refractivity (Wildman–Crippen MR) is 140 cm³/mol. The molecule has 1 amide bonds. The minimum Gasteiger partial charge on any atom is -0.481 e. The number of carboxylic acids is 1. The van der Waals surface area contributed by atoms with Crippen LogP contribution in [0.4, 0.5) is 4.39 Å². The molecule has 0 fully saturated rings. The van der Waals surface area contributed by atoms with E-state index >= 15 is 0 Å². The average molecular weight is 524 g/mol. The predicted octanol–water partition coefficient (Wildman–Crippen LogP) is 5.62. The van der Waals surface area contributed by atoms with E-state index in [1.54, 1.807) is 48.2 Å². The van der Waals surface area contributed by atoms with Gasteiger partial charge in [-0.15, -0.1) is 0 Å². The summed E-state index contributed by atoms with van der Waals surface area (Å²) < 4.78 is 16.1. The van der Waals surface area contributed by atoms with Crippen molar-refractivity contribution >= 4 is 35.2 Å². The van der Waals surface area contributed by atoms with Crippen LogP contribution in [0.15, 0.2) is 78.9 Å². The zero-order chi connectivity index (χ0) is 25.5. The highest BCUT2D eigenvalue weighted by Gasteiger charge is 2.27. The van der Waals surface area contributed by atoms with Crippen LogP contribution >= 0.6 is 23.4 Å². The summed E-state index contributed by atoms with van der Waals surface area (Å²) in [6.07, 6.45) is -0.460. The number of thioether (sulfide) groups is 1. The molecule has 0 saturated carbocycles. The number of aliphatic carboxylic acids is 1. The van der Waals surface area contributed by atoms with E-state index in [0.29, 0.717) is 28.6 Å². The largest absolute Gasteiger partial charge is 0.481 e. The second kappa shape index (κ2) is 11.9. The van der Waals surface area contributed by atoms with Crippen LogP contribution in [0.1, 0.15) is 21.6 Å². The summed E-state index contributed by atoms with van der Waals surface area (Å²) in [6.45, 7) is 0.367. The first-order chi connectivity index (χ1) is 17.4. The molecule has 36 heavy (non-hydrogen) atoms. The lowest BCUT2D eigenvalue weighted by molar-refractivity contribution is -0.136. The van der Waals surface area contributed by atoms with Gasteiger partial charge in [-0.25, -0.2) is 9.07 Å². The van der Waals surface area contributed by atoms with Gasteiger partial charge in [-0.3, -0.25) is 9.59 Å². The van der Waals surface area contributed by atoms with Crippen molar-refractivity contribution in [2.45, 2.75) is 12.2 Å². The highest BCUT2D eigenvalue weighted by atomic mass is 35.5. The van der Waals surface area contributed by atoms with E-state index in [4.69, 9.17) is 11.6 Å². The van der Waals surface area contributed by atoms with Crippen LogP contribution in [0, 0.1) is 5.82 Å². The first-order valence-corrected chi connectivity index (χ1v) is 12.7. The van der Waals surface area contributed by atoms with Crippen molar-refractivity contribution in [2.24, 2.45) is 0 Å². The van der Waals surface area contributed by atoms with Gasteiger partial charge in [0, 0.05) is 34.2 Å². The summed E-state index contributed by atoms with van der Waals surface area (Å²) in [6, 6.07) is 22.6. The third-order valence-electron chi connectivity index (χ3n) is 5.37. The van der Waals surface area contributed by atoms with Crippen molar-refractivity contribution in [1.29, 1.82) is 0 Å². The topological polar surface area (TPSA) is 84.2 Å². The Hall–Kier alpha value is -3.62. The van der Waals surface area contributed by atoms with E-state index in [2.05, 4.69) is 10.4 Å². The Morgan fingerprint density at radius 3 is 2.39 bits per heavy atom. The lowest BCUT2D eigenvalue weighted by Gasteiger charge is -2.10. The summed E-state index contributed by atoms with van der Waals surface area (Å²) in [5, 5.41) is 17.3. The Labute approximate surface area is 217 Å². The molecular weight excluding hydrogens is 501 g/mol. The summed E-state index contributed by atoms with van der Waals surface area (Å²) in [4.78, 5) is 24.9. The molecule has 0 bridgehead atoms. The van der Waals surface area contributed by atoms with Gasteiger partial charge in [0.25, 0.3) is 5.91 Å². The van der Waals surface area contributed by atoms with Crippen LogP contribution in [0.3, 0.4) is 0 Å². The molecule has 4 aromatic rings. The average Bonchev–Trinajstić information content (AvgIpc) is 3.23. The number of carbonyl (C=O) groups is 2. The molecule has 0 aliphatic carbocycles. The number of halogens is 2. The summed E-state index contributed by atoms with van der Waals surface area (Å²) >= 11 is 7.71. The zero-order valence-electron chi connectivity index (χ0n) is 19.2. The minimum absolute atomic E-state index is 0.0568. The van der Waals surface area contributed by atoms with Gasteiger partial charge in [0.15, 0.2) is 5.69 Å². The maximum Gasteiger partial charge on any atom is 0.307 e. The third-order valence-corrected chi connectivity index (χ3v) is 6.65. The molecule has 6 nitrogen and oxygen atoms in total.